The summed E-state index contributed by atoms with van der Waals surface area (Å²) in [6.07, 6.45) is 2.62. The van der Waals surface area contributed by atoms with E-state index in [0.29, 0.717) is 6.61 Å². The van der Waals surface area contributed by atoms with Crippen molar-refractivity contribution in [2.45, 2.75) is 25.0 Å². The van der Waals surface area contributed by atoms with Gasteiger partial charge < -0.3 is 14.8 Å². The summed E-state index contributed by atoms with van der Waals surface area (Å²) in [5, 5.41) is 15.6. The highest BCUT2D eigenvalue weighted by Crippen LogP contribution is 2.33. The first-order chi connectivity index (χ1) is 12.2. The predicted octanol–water partition coefficient (Wildman–Crippen LogP) is 2.23. The van der Waals surface area contributed by atoms with Gasteiger partial charge in [-0.2, -0.15) is 0 Å². The highest BCUT2D eigenvalue weighted by Gasteiger charge is 2.12. The molecule has 1 N–H and O–H groups in total. The van der Waals surface area contributed by atoms with Crippen LogP contribution in [0.3, 0.4) is 0 Å². The third-order valence-corrected chi connectivity index (χ3v) is 4.50. The van der Waals surface area contributed by atoms with Gasteiger partial charge in [0.25, 0.3) is 0 Å². The molecule has 7 nitrogen and oxygen atoms in total. The standard InChI is InChI=1S/C17H25N5O2S/c1-5-7-14-10-13(11-15(23-4)16(14)24-6-2)12-18-8-9-25-17-19-20-21-22(17)3/h5,10-11,18H,1,6-9,12H2,2-4H3. The molecule has 25 heavy (non-hydrogen) atoms. The zero-order chi connectivity index (χ0) is 18.1. The molecule has 0 fully saturated rings. The molecule has 1 heterocycles. The number of methoxy groups -OCH3 is 1. The Morgan fingerprint density at radius 2 is 2.24 bits per heavy atom. The van der Waals surface area contributed by atoms with Crippen LogP contribution in [0.25, 0.3) is 0 Å². The highest BCUT2D eigenvalue weighted by atomic mass is 32.2. The number of nitrogens with zero attached hydrogens (tertiary/aromatic N) is 4. The lowest BCUT2D eigenvalue weighted by atomic mass is 10.1. The molecule has 0 saturated heterocycles. The molecule has 0 radical (unpaired) electrons. The fourth-order valence-electron chi connectivity index (χ4n) is 2.38. The van der Waals surface area contributed by atoms with Crippen molar-refractivity contribution < 1.29 is 9.47 Å². The molecule has 0 aliphatic rings. The monoisotopic (exact) mass is 363 g/mol. The average Bonchev–Trinajstić information content (AvgIpc) is 3.02. The third-order valence-electron chi connectivity index (χ3n) is 3.48. The van der Waals surface area contributed by atoms with Gasteiger partial charge in [0.1, 0.15) is 0 Å². The van der Waals surface area contributed by atoms with Gasteiger partial charge in [-0.3, -0.25) is 0 Å². The number of rotatable bonds is 11. The number of hydrogen-bond acceptors (Lipinski definition) is 7. The Labute approximate surface area is 152 Å². The molecule has 2 rings (SSSR count). The van der Waals surface area contributed by atoms with E-state index in [0.717, 1.165) is 53.0 Å². The van der Waals surface area contributed by atoms with Gasteiger partial charge in [-0.15, -0.1) is 11.7 Å². The summed E-state index contributed by atoms with van der Waals surface area (Å²) in [6, 6.07) is 4.16. The summed E-state index contributed by atoms with van der Waals surface area (Å²) < 4.78 is 12.9. The average molecular weight is 363 g/mol. The van der Waals surface area contributed by atoms with Crippen molar-refractivity contribution in [1.29, 1.82) is 0 Å². The largest absolute Gasteiger partial charge is 0.493 e. The van der Waals surface area contributed by atoms with E-state index in [9.17, 15) is 0 Å². The van der Waals surface area contributed by atoms with Crippen molar-refractivity contribution in [3.63, 3.8) is 0 Å². The van der Waals surface area contributed by atoms with E-state index in [1.54, 1.807) is 23.6 Å². The summed E-state index contributed by atoms with van der Waals surface area (Å²) in [5.41, 5.74) is 2.25. The molecule has 0 unspecified atom stereocenters. The molecule has 8 heteroatoms. The fourth-order valence-corrected chi connectivity index (χ4v) is 3.13. The molecular formula is C17H25N5O2S. The van der Waals surface area contributed by atoms with Crippen LogP contribution in [0.15, 0.2) is 29.9 Å². The van der Waals surface area contributed by atoms with Crippen LogP contribution in [-0.4, -0.2) is 46.2 Å². The summed E-state index contributed by atoms with van der Waals surface area (Å²) >= 11 is 1.62. The first kappa shape index (κ1) is 19.3. The van der Waals surface area contributed by atoms with Gasteiger partial charge in [-0.1, -0.05) is 23.9 Å². The Morgan fingerprint density at radius 1 is 1.40 bits per heavy atom. The second kappa shape index (κ2) is 10.0. The summed E-state index contributed by atoms with van der Waals surface area (Å²) in [4.78, 5) is 0. The molecule has 0 bridgehead atoms. The molecule has 1 aromatic carbocycles. The number of benzene rings is 1. The minimum absolute atomic E-state index is 0.603. The maximum Gasteiger partial charge on any atom is 0.209 e. The molecule has 0 amide bonds. The van der Waals surface area contributed by atoms with Crippen LogP contribution in [0.4, 0.5) is 0 Å². The molecule has 0 aliphatic carbocycles. The molecule has 0 saturated carbocycles. The molecule has 0 atom stereocenters. The molecule has 136 valence electrons. The normalized spacial score (nSPS) is 10.7. The predicted molar refractivity (Wildman–Crippen MR) is 99.3 cm³/mol. The molecule has 0 aliphatic heterocycles. The quantitative estimate of drug-likeness (QED) is 0.373. The van der Waals surface area contributed by atoms with E-state index >= 15 is 0 Å². The number of ether oxygens (including phenoxy) is 2. The number of thioether (sulfide) groups is 1. The lowest BCUT2D eigenvalue weighted by Gasteiger charge is -2.16. The Morgan fingerprint density at radius 3 is 2.88 bits per heavy atom. The van der Waals surface area contributed by atoms with Crippen molar-refractivity contribution >= 4 is 11.8 Å². The fraction of sp³-hybridized carbons (Fsp3) is 0.471. The Hall–Kier alpha value is -2.06. The lowest BCUT2D eigenvalue weighted by molar-refractivity contribution is 0.308. The third kappa shape index (κ3) is 5.47. The zero-order valence-corrected chi connectivity index (χ0v) is 15.8. The highest BCUT2D eigenvalue weighted by molar-refractivity contribution is 7.99. The topological polar surface area (TPSA) is 74.1 Å². The molecular weight excluding hydrogens is 338 g/mol. The van der Waals surface area contributed by atoms with Crippen molar-refractivity contribution in [2.75, 3.05) is 26.0 Å². The molecule has 0 spiro atoms. The summed E-state index contributed by atoms with van der Waals surface area (Å²) in [7, 11) is 3.50. The van der Waals surface area contributed by atoms with E-state index in [-0.39, 0.29) is 0 Å². The van der Waals surface area contributed by atoms with E-state index < -0.39 is 0 Å². The Bertz CT molecular complexity index is 690. The van der Waals surface area contributed by atoms with Crippen molar-refractivity contribution in [3.8, 4) is 11.5 Å². The maximum atomic E-state index is 5.74. The van der Waals surface area contributed by atoms with Crippen molar-refractivity contribution in [1.82, 2.24) is 25.5 Å². The van der Waals surface area contributed by atoms with Crippen molar-refractivity contribution in [3.05, 3.63) is 35.9 Å². The SMILES string of the molecule is C=CCc1cc(CNCCSc2nnnn2C)cc(OC)c1OCC. The van der Waals surface area contributed by atoms with Gasteiger partial charge in [0.05, 0.1) is 13.7 Å². The van der Waals surface area contributed by atoms with E-state index in [1.165, 1.54) is 0 Å². The Balaban J connectivity index is 1.93. The molecule has 2 aromatic rings. The van der Waals surface area contributed by atoms with Crippen LogP contribution >= 0.6 is 11.8 Å². The van der Waals surface area contributed by atoms with Crippen LogP contribution in [0.5, 0.6) is 11.5 Å². The van der Waals surface area contributed by atoms with E-state index in [4.69, 9.17) is 9.47 Å². The minimum Gasteiger partial charge on any atom is -0.493 e. The van der Waals surface area contributed by atoms with Crippen LogP contribution in [-0.2, 0) is 20.0 Å². The second-order valence-electron chi connectivity index (χ2n) is 5.32. The second-order valence-corrected chi connectivity index (χ2v) is 6.38. The van der Waals surface area contributed by atoms with Gasteiger partial charge >= 0.3 is 0 Å². The first-order valence-electron chi connectivity index (χ1n) is 8.18. The van der Waals surface area contributed by atoms with Gasteiger partial charge in [-0.25, -0.2) is 4.68 Å². The van der Waals surface area contributed by atoms with Gasteiger partial charge in [-0.05, 0) is 35.4 Å². The molecule has 1 aromatic heterocycles. The number of allylic oxidation sites excluding steroid dienone is 1. The van der Waals surface area contributed by atoms with Gasteiger partial charge in [0.15, 0.2) is 11.5 Å². The smallest absolute Gasteiger partial charge is 0.209 e. The zero-order valence-electron chi connectivity index (χ0n) is 15.0. The van der Waals surface area contributed by atoms with Crippen LogP contribution < -0.4 is 14.8 Å². The minimum atomic E-state index is 0.603. The number of hydrogen-bond donors (Lipinski definition) is 1. The van der Waals surface area contributed by atoms with Crippen LogP contribution in [0.1, 0.15) is 18.1 Å². The van der Waals surface area contributed by atoms with E-state index in [2.05, 4.69) is 33.5 Å². The van der Waals surface area contributed by atoms with Crippen LogP contribution in [0, 0.1) is 0 Å². The lowest BCUT2D eigenvalue weighted by Crippen LogP contribution is -2.17. The number of aryl methyl sites for hydroxylation is 1. The Kier molecular flexibility index (Phi) is 7.75. The number of tetrazole rings is 1. The van der Waals surface area contributed by atoms with Crippen molar-refractivity contribution in [2.24, 2.45) is 7.05 Å². The summed E-state index contributed by atoms with van der Waals surface area (Å²) in [6.45, 7) is 8.01. The number of aromatic nitrogens is 4. The van der Waals surface area contributed by atoms with Crippen LogP contribution in [0.2, 0.25) is 0 Å². The maximum absolute atomic E-state index is 5.74. The number of nitrogens with one attached hydrogen (secondary N) is 1. The summed E-state index contributed by atoms with van der Waals surface area (Å²) in [5.74, 6) is 2.46. The first-order valence-corrected chi connectivity index (χ1v) is 9.17. The van der Waals surface area contributed by atoms with E-state index in [1.807, 2.05) is 26.1 Å². The van der Waals surface area contributed by atoms with Gasteiger partial charge in [0.2, 0.25) is 5.16 Å². The van der Waals surface area contributed by atoms with Gasteiger partial charge in [0, 0.05) is 31.5 Å².